The molecule has 0 spiro atoms. The molecule has 2 nitrogen and oxygen atoms in total. The van der Waals surface area contributed by atoms with E-state index >= 15 is 0 Å². The first-order chi connectivity index (χ1) is 7.24. The Morgan fingerprint density at radius 1 is 1.40 bits per heavy atom. The number of hydrogen-bond acceptors (Lipinski definition) is 3. The average molecular weight is 243 g/mol. The summed E-state index contributed by atoms with van der Waals surface area (Å²) in [5.41, 5.74) is 2.43. The van der Waals surface area contributed by atoms with Crippen LogP contribution in [-0.2, 0) is 6.54 Å². The third-order valence-electron chi connectivity index (χ3n) is 1.81. The molecule has 0 unspecified atom stereocenters. The molecule has 2 aromatic rings. The average Bonchev–Trinajstić information content (AvgIpc) is 2.65. The topological polar surface area (TPSA) is 24.9 Å². The third-order valence-corrected chi connectivity index (χ3v) is 2.81. The van der Waals surface area contributed by atoms with Gasteiger partial charge in [-0.25, -0.2) is 4.39 Å². The lowest BCUT2D eigenvalue weighted by Crippen LogP contribution is -1.97. The van der Waals surface area contributed by atoms with E-state index in [9.17, 15) is 4.39 Å². The minimum Gasteiger partial charge on any atom is -0.380 e. The van der Waals surface area contributed by atoms with Gasteiger partial charge in [0.15, 0.2) is 0 Å². The maximum Gasteiger partial charge on any atom is 0.126 e. The van der Waals surface area contributed by atoms with Crippen molar-refractivity contribution in [3.05, 3.63) is 45.6 Å². The minimum atomic E-state index is -0.339. The van der Waals surface area contributed by atoms with E-state index in [0.29, 0.717) is 17.3 Å². The molecule has 0 radical (unpaired) electrons. The second kappa shape index (κ2) is 4.59. The van der Waals surface area contributed by atoms with Crippen molar-refractivity contribution in [1.29, 1.82) is 0 Å². The Kier molecular flexibility index (Phi) is 3.18. The van der Waals surface area contributed by atoms with Crippen LogP contribution in [-0.4, -0.2) is 4.98 Å². The number of nitrogens with zero attached hydrogens (tertiary/aromatic N) is 1. The van der Waals surface area contributed by atoms with Gasteiger partial charge in [-0.1, -0.05) is 11.6 Å². The lowest BCUT2D eigenvalue weighted by atomic mass is 10.3. The second-order valence-corrected chi connectivity index (χ2v) is 4.39. The SMILES string of the molecule is Fc1cc(Cl)cc(NCc2cncs2)c1. The summed E-state index contributed by atoms with van der Waals surface area (Å²) in [7, 11) is 0. The van der Waals surface area contributed by atoms with E-state index in [4.69, 9.17) is 11.6 Å². The summed E-state index contributed by atoms with van der Waals surface area (Å²) in [4.78, 5) is 5.04. The lowest BCUT2D eigenvalue weighted by Gasteiger charge is -2.04. The number of aromatic nitrogens is 1. The molecular weight excluding hydrogens is 235 g/mol. The number of anilines is 1. The van der Waals surface area contributed by atoms with Crippen LogP contribution in [0.15, 0.2) is 29.9 Å². The fourth-order valence-corrected chi connectivity index (χ4v) is 1.93. The molecular formula is C10H8ClFN2S. The molecule has 0 saturated carbocycles. The van der Waals surface area contributed by atoms with E-state index in [1.54, 1.807) is 29.1 Å². The summed E-state index contributed by atoms with van der Waals surface area (Å²) in [6.45, 7) is 0.629. The Morgan fingerprint density at radius 3 is 2.93 bits per heavy atom. The third kappa shape index (κ3) is 2.91. The van der Waals surface area contributed by atoms with Crippen LogP contribution >= 0.6 is 22.9 Å². The Morgan fingerprint density at radius 2 is 2.27 bits per heavy atom. The van der Waals surface area contributed by atoms with Gasteiger partial charge < -0.3 is 5.32 Å². The Labute approximate surface area is 95.7 Å². The molecule has 1 aromatic heterocycles. The maximum atomic E-state index is 13.0. The highest BCUT2D eigenvalue weighted by molar-refractivity contribution is 7.09. The number of benzene rings is 1. The molecule has 1 N–H and O–H groups in total. The van der Waals surface area contributed by atoms with E-state index in [2.05, 4.69) is 10.3 Å². The molecule has 1 aromatic carbocycles. The van der Waals surface area contributed by atoms with Gasteiger partial charge in [-0.15, -0.1) is 11.3 Å². The van der Waals surface area contributed by atoms with Crippen LogP contribution < -0.4 is 5.32 Å². The van der Waals surface area contributed by atoms with Crippen LogP contribution in [0.25, 0.3) is 0 Å². The highest BCUT2D eigenvalue weighted by Gasteiger charge is 1.99. The van der Waals surface area contributed by atoms with E-state index in [1.165, 1.54) is 12.1 Å². The van der Waals surface area contributed by atoms with Gasteiger partial charge in [0.05, 0.1) is 12.1 Å². The Hall–Kier alpha value is -1.13. The van der Waals surface area contributed by atoms with Crippen LogP contribution in [0.3, 0.4) is 0 Å². The van der Waals surface area contributed by atoms with Gasteiger partial charge in [0, 0.05) is 21.8 Å². The molecule has 0 fully saturated rings. The van der Waals surface area contributed by atoms with Crippen molar-refractivity contribution in [2.75, 3.05) is 5.32 Å². The van der Waals surface area contributed by atoms with Crippen molar-refractivity contribution in [3.63, 3.8) is 0 Å². The smallest absolute Gasteiger partial charge is 0.126 e. The minimum absolute atomic E-state index is 0.339. The summed E-state index contributed by atoms with van der Waals surface area (Å²) in [5, 5.41) is 3.47. The van der Waals surface area contributed by atoms with Crippen molar-refractivity contribution >= 4 is 28.6 Å². The highest BCUT2D eigenvalue weighted by atomic mass is 35.5. The first kappa shape index (κ1) is 10.4. The maximum absolute atomic E-state index is 13.0. The fraction of sp³-hybridized carbons (Fsp3) is 0.100. The van der Waals surface area contributed by atoms with Gasteiger partial charge in [0.2, 0.25) is 0 Å². The number of nitrogens with one attached hydrogen (secondary N) is 1. The number of rotatable bonds is 3. The zero-order valence-electron chi connectivity index (χ0n) is 7.71. The summed E-state index contributed by atoms with van der Waals surface area (Å²) in [6, 6.07) is 4.37. The number of hydrogen-bond donors (Lipinski definition) is 1. The summed E-state index contributed by atoms with van der Waals surface area (Å²) in [6.07, 6.45) is 1.78. The predicted octanol–water partition coefficient (Wildman–Crippen LogP) is 3.55. The van der Waals surface area contributed by atoms with Gasteiger partial charge in [-0.2, -0.15) is 0 Å². The molecule has 0 aliphatic rings. The predicted molar refractivity (Wildman–Crippen MR) is 60.9 cm³/mol. The van der Waals surface area contributed by atoms with Gasteiger partial charge >= 0.3 is 0 Å². The molecule has 0 saturated heterocycles. The largest absolute Gasteiger partial charge is 0.380 e. The standard InChI is InChI=1S/C10H8ClFN2S/c11-7-1-8(12)3-9(2-7)14-5-10-4-13-6-15-10/h1-4,6,14H,5H2. The molecule has 0 amide bonds. The van der Waals surface area contributed by atoms with Gasteiger partial charge in [-0.3, -0.25) is 4.98 Å². The quantitative estimate of drug-likeness (QED) is 0.891. The van der Waals surface area contributed by atoms with Crippen LogP contribution in [0.2, 0.25) is 5.02 Å². The Balaban J connectivity index is 2.05. The van der Waals surface area contributed by atoms with Crippen LogP contribution in [0.4, 0.5) is 10.1 Å². The van der Waals surface area contributed by atoms with E-state index in [-0.39, 0.29) is 5.82 Å². The first-order valence-corrected chi connectivity index (χ1v) is 5.57. The fourth-order valence-electron chi connectivity index (χ4n) is 1.17. The van der Waals surface area contributed by atoms with Gasteiger partial charge in [-0.05, 0) is 18.2 Å². The number of halogens is 2. The van der Waals surface area contributed by atoms with Crippen LogP contribution in [0.5, 0.6) is 0 Å². The molecule has 78 valence electrons. The van der Waals surface area contributed by atoms with E-state index < -0.39 is 0 Å². The van der Waals surface area contributed by atoms with Crippen molar-refractivity contribution in [3.8, 4) is 0 Å². The van der Waals surface area contributed by atoms with E-state index in [0.717, 1.165) is 4.88 Å². The van der Waals surface area contributed by atoms with Gasteiger partial charge in [0.25, 0.3) is 0 Å². The molecule has 15 heavy (non-hydrogen) atoms. The van der Waals surface area contributed by atoms with Crippen molar-refractivity contribution < 1.29 is 4.39 Å². The molecule has 0 atom stereocenters. The molecule has 1 heterocycles. The summed E-state index contributed by atoms with van der Waals surface area (Å²) in [5.74, 6) is -0.339. The van der Waals surface area contributed by atoms with Crippen molar-refractivity contribution in [2.24, 2.45) is 0 Å². The first-order valence-electron chi connectivity index (χ1n) is 4.31. The van der Waals surface area contributed by atoms with Crippen LogP contribution in [0.1, 0.15) is 4.88 Å². The zero-order chi connectivity index (χ0) is 10.7. The van der Waals surface area contributed by atoms with Crippen molar-refractivity contribution in [1.82, 2.24) is 4.98 Å². The molecule has 0 bridgehead atoms. The Bertz CT molecular complexity index is 424. The van der Waals surface area contributed by atoms with Gasteiger partial charge in [0.1, 0.15) is 5.82 Å². The zero-order valence-corrected chi connectivity index (χ0v) is 9.28. The molecule has 5 heteroatoms. The summed E-state index contributed by atoms with van der Waals surface area (Å²) >= 11 is 7.27. The van der Waals surface area contributed by atoms with E-state index in [1.807, 2.05) is 0 Å². The highest BCUT2D eigenvalue weighted by Crippen LogP contribution is 2.19. The lowest BCUT2D eigenvalue weighted by molar-refractivity contribution is 0.628. The van der Waals surface area contributed by atoms with Crippen LogP contribution in [0, 0.1) is 5.82 Å². The second-order valence-electron chi connectivity index (χ2n) is 2.98. The van der Waals surface area contributed by atoms with Crippen molar-refractivity contribution in [2.45, 2.75) is 6.54 Å². The summed E-state index contributed by atoms with van der Waals surface area (Å²) < 4.78 is 13.0. The number of thiazole rings is 1. The molecule has 0 aliphatic heterocycles. The molecule has 2 rings (SSSR count). The molecule has 0 aliphatic carbocycles. The normalized spacial score (nSPS) is 10.3. The monoisotopic (exact) mass is 242 g/mol.